The van der Waals surface area contributed by atoms with Crippen molar-refractivity contribution in [2.45, 2.75) is 51.4 Å². The van der Waals surface area contributed by atoms with Crippen LogP contribution >= 0.6 is 0 Å². The Bertz CT molecular complexity index is 1470. The van der Waals surface area contributed by atoms with E-state index < -0.39 is 17.4 Å². The molecule has 0 saturated carbocycles. The topological polar surface area (TPSA) is 158 Å². The number of imidazole rings is 1. The number of aromatic amines is 1. The number of H-pyrrole nitrogens is 1. The Hall–Kier alpha value is -4.19. The number of carbonyl (C=O) groups is 2. The second kappa shape index (κ2) is 15.2. The fourth-order valence-corrected chi connectivity index (χ4v) is 5.18. The molecule has 10 nitrogen and oxygen atoms in total. The highest BCUT2D eigenvalue weighted by Gasteiger charge is 2.24. The van der Waals surface area contributed by atoms with Crippen LogP contribution in [0.1, 0.15) is 59.5 Å². The quantitative estimate of drug-likeness (QED) is 0.0747. The Balaban J connectivity index is 1.40. The third-order valence-corrected chi connectivity index (χ3v) is 7.38. The number of nitrogens with zero attached hydrogens (tertiary/aromatic N) is 1. The molecule has 0 spiro atoms. The van der Waals surface area contributed by atoms with Gasteiger partial charge in [-0.3, -0.25) is 15.0 Å². The average Bonchev–Trinajstić information content (AvgIpc) is 3.50. The molecule has 4 rings (SSSR count). The lowest BCUT2D eigenvalue weighted by Gasteiger charge is -2.23. The first-order valence-electron chi connectivity index (χ1n) is 13.8. The first-order valence-corrected chi connectivity index (χ1v) is 15.4. The van der Waals surface area contributed by atoms with Gasteiger partial charge >= 0.3 is 0 Å². The summed E-state index contributed by atoms with van der Waals surface area (Å²) in [5, 5.41) is 19.4. The predicted octanol–water partition coefficient (Wildman–Crippen LogP) is 3.86. The standard InChI is InChI=1S/C31H37N7O3S/c1-21(25-10-5-8-23-7-3-4-9-26(23)25)36-31(40)27(11-6-12-28(32)38-42(2)41)37-30(39)24-15-13-22(14-16-24)19-33-20-29-34-17-18-35-29/h3-5,7-10,13-18,21,27,33H,6,11-12,19-20H2,1-2H3,(H2,32,38)(H,34,35)(H,36,40)(H,37,39)/t21-,27-,42?/m0/s1. The van der Waals surface area contributed by atoms with E-state index in [0.717, 1.165) is 27.7 Å². The van der Waals surface area contributed by atoms with Crippen molar-refractivity contribution in [3.63, 3.8) is 0 Å². The summed E-state index contributed by atoms with van der Waals surface area (Å²) in [6.45, 7) is 3.14. The third kappa shape index (κ3) is 8.90. The number of fused-ring (bicyclic) bond motifs is 1. The molecule has 4 aromatic rings. The number of rotatable bonds is 14. The van der Waals surface area contributed by atoms with Crippen LogP contribution in [0.5, 0.6) is 0 Å². The number of nitrogens with one attached hydrogen (secondary N) is 6. The van der Waals surface area contributed by atoms with E-state index in [2.05, 4.69) is 30.6 Å². The molecule has 6 N–H and O–H groups in total. The molecule has 0 saturated heterocycles. The minimum absolute atomic E-state index is 0.127. The molecule has 0 aliphatic carbocycles. The zero-order valence-corrected chi connectivity index (χ0v) is 24.6. The summed E-state index contributed by atoms with van der Waals surface area (Å²) >= 11 is -1.34. The fraction of sp³-hybridized carbons (Fsp3) is 0.290. The average molecular weight is 588 g/mol. The van der Waals surface area contributed by atoms with Gasteiger partial charge in [0.15, 0.2) is 0 Å². The monoisotopic (exact) mass is 587 g/mol. The van der Waals surface area contributed by atoms with E-state index in [9.17, 15) is 14.1 Å². The maximum atomic E-state index is 13.5. The summed E-state index contributed by atoms with van der Waals surface area (Å²) in [5.74, 6) is 0.313. The molecule has 3 aromatic carbocycles. The van der Waals surface area contributed by atoms with Gasteiger partial charge in [-0.05, 0) is 53.8 Å². The minimum Gasteiger partial charge on any atom is -0.593 e. The first kappa shape index (κ1) is 30.8. The van der Waals surface area contributed by atoms with Gasteiger partial charge in [-0.25, -0.2) is 4.98 Å². The van der Waals surface area contributed by atoms with E-state index in [1.807, 2.05) is 61.5 Å². The molecule has 3 atom stereocenters. The molecular formula is C31H37N7O3S. The van der Waals surface area contributed by atoms with Crippen LogP contribution in [0, 0.1) is 5.41 Å². The number of amidine groups is 1. The van der Waals surface area contributed by atoms with Crippen molar-refractivity contribution in [2.24, 2.45) is 0 Å². The summed E-state index contributed by atoms with van der Waals surface area (Å²) in [6.07, 6.45) is 6.00. The summed E-state index contributed by atoms with van der Waals surface area (Å²) in [5.41, 5.74) is 2.44. The van der Waals surface area contributed by atoms with Gasteiger partial charge in [0.25, 0.3) is 5.91 Å². The molecule has 0 bridgehead atoms. The highest BCUT2D eigenvalue weighted by Crippen LogP contribution is 2.24. The van der Waals surface area contributed by atoms with Crippen molar-refractivity contribution in [3.05, 3.63) is 102 Å². The molecule has 2 amide bonds. The van der Waals surface area contributed by atoms with Crippen LogP contribution in [0.15, 0.2) is 79.1 Å². The van der Waals surface area contributed by atoms with E-state index >= 15 is 0 Å². The van der Waals surface area contributed by atoms with Crippen molar-refractivity contribution in [1.29, 1.82) is 5.41 Å². The van der Waals surface area contributed by atoms with E-state index in [1.165, 1.54) is 6.26 Å². The second-order valence-electron chi connectivity index (χ2n) is 10.1. The smallest absolute Gasteiger partial charge is 0.251 e. The van der Waals surface area contributed by atoms with Gasteiger partial charge in [0.1, 0.15) is 24.0 Å². The molecule has 0 radical (unpaired) electrons. The molecule has 0 aliphatic heterocycles. The highest BCUT2D eigenvalue weighted by molar-refractivity contribution is 7.89. The Kier molecular flexibility index (Phi) is 11.1. The van der Waals surface area contributed by atoms with Gasteiger partial charge in [0.05, 0.1) is 23.9 Å². The van der Waals surface area contributed by atoms with Crippen LogP contribution in [0.25, 0.3) is 10.8 Å². The van der Waals surface area contributed by atoms with Crippen LogP contribution in [-0.4, -0.2) is 44.5 Å². The van der Waals surface area contributed by atoms with Crippen LogP contribution in [0.3, 0.4) is 0 Å². The number of carbonyl (C=O) groups excluding carboxylic acids is 2. The highest BCUT2D eigenvalue weighted by atomic mass is 32.2. The number of benzene rings is 3. The molecule has 1 aromatic heterocycles. The summed E-state index contributed by atoms with van der Waals surface area (Å²) in [7, 11) is 0. The van der Waals surface area contributed by atoms with E-state index in [-0.39, 0.29) is 23.7 Å². The predicted molar refractivity (Wildman–Crippen MR) is 166 cm³/mol. The van der Waals surface area contributed by atoms with Crippen LogP contribution in [-0.2, 0) is 29.2 Å². The van der Waals surface area contributed by atoms with Crippen molar-refractivity contribution >= 4 is 39.8 Å². The zero-order chi connectivity index (χ0) is 29.9. The molecular weight excluding hydrogens is 550 g/mol. The van der Waals surface area contributed by atoms with Crippen LogP contribution in [0.2, 0.25) is 0 Å². The van der Waals surface area contributed by atoms with Gasteiger partial charge in [-0.2, -0.15) is 4.72 Å². The third-order valence-electron chi connectivity index (χ3n) is 6.85. The number of hydrogen-bond donors (Lipinski definition) is 6. The first-order chi connectivity index (χ1) is 20.3. The summed E-state index contributed by atoms with van der Waals surface area (Å²) in [6, 6.07) is 20.1. The maximum absolute atomic E-state index is 13.5. The van der Waals surface area contributed by atoms with Gasteiger partial charge in [0, 0.05) is 30.9 Å². The Morgan fingerprint density at radius 3 is 2.52 bits per heavy atom. The lowest BCUT2D eigenvalue weighted by Crippen LogP contribution is -2.47. The van der Waals surface area contributed by atoms with Crippen molar-refractivity contribution in [1.82, 2.24) is 30.6 Å². The molecule has 220 valence electrons. The second-order valence-corrected chi connectivity index (χ2v) is 11.2. The molecule has 11 heteroatoms. The molecule has 0 fully saturated rings. The lowest BCUT2D eigenvalue weighted by atomic mass is 9.99. The molecule has 1 unspecified atom stereocenters. The van der Waals surface area contributed by atoms with Crippen molar-refractivity contribution in [3.8, 4) is 0 Å². The van der Waals surface area contributed by atoms with Gasteiger partial charge in [0.2, 0.25) is 5.91 Å². The molecule has 42 heavy (non-hydrogen) atoms. The normalized spacial score (nSPS) is 13.2. The summed E-state index contributed by atoms with van der Waals surface area (Å²) in [4.78, 5) is 33.9. The Labute approximate surface area is 248 Å². The maximum Gasteiger partial charge on any atom is 0.251 e. The SMILES string of the molecule is C[C@H](NC(=O)[C@H](CCCC(=N)N[S+](C)[O-])NC(=O)c1ccc(CNCc2ncc[nH]2)cc1)c1cccc2ccccc12. The number of aromatic nitrogens is 2. The molecule has 0 aliphatic rings. The Morgan fingerprint density at radius 2 is 1.79 bits per heavy atom. The van der Waals surface area contributed by atoms with Crippen LogP contribution in [0.4, 0.5) is 0 Å². The van der Waals surface area contributed by atoms with Crippen LogP contribution < -0.4 is 20.7 Å². The zero-order valence-electron chi connectivity index (χ0n) is 23.8. The largest absolute Gasteiger partial charge is 0.593 e. The number of amides is 2. The fourth-order valence-electron chi connectivity index (χ4n) is 4.73. The van der Waals surface area contributed by atoms with E-state index in [4.69, 9.17) is 5.41 Å². The number of hydrogen-bond acceptors (Lipinski definition) is 6. The van der Waals surface area contributed by atoms with Crippen molar-refractivity contribution < 1.29 is 14.1 Å². The van der Waals surface area contributed by atoms with Gasteiger partial charge in [-0.1, -0.05) is 54.6 Å². The van der Waals surface area contributed by atoms with E-state index in [0.29, 0.717) is 37.9 Å². The van der Waals surface area contributed by atoms with E-state index in [1.54, 1.807) is 24.5 Å². The van der Waals surface area contributed by atoms with Gasteiger partial charge in [-0.15, -0.1) is 0 Å². The molecule has 1 heterocycles. The Morgan fingerprint density at radius 1 is 1.02 bits per heavy atom. The summed E-state index contributed by atoms with van der Waals surface area (Å²) < 4.78 is 13.9. The van der Waals surface area contributed by atoms with Gasteiger partial charge < -0.3 is 25.5 Å². The lowest BCUT2D eigenvalue weighted by molar-refractivity contribution is -0.123. The minimum atomic E-state index is -1.34. The van der Waals surface area contributed by atoms with Crippen molar-refractivity contribution in [2.75, 3.05) is 6.26 Å².